The minimum absolute atomic E-state index is 0.851. The van der Waals surface area contributed by atoms with Crippen LogP contribution >= 0.6 is 0 Å². The van der Waals surface area contributed by atoms with Crippen LogP contribution in [0, 0.1) is 0 Å². The molecule has 0 saturated heterocycles. The number of hydrogen-bond acceptors (Lipinski definition) is 3. The van der Waals surface area contributed by atoms with Gasteiger partial charge in [-0.15, -0.1) is 0 Å². The predicted octanol–water partition coefficient (Wildman–Crippen LogP) is 1.79. The van der Waals surface area contributed by atoms with Crippen LogP contribution in [-0.2, 0) is 0 Å². The van der Waals surface area contributed by atoms with E-state index in [1.807, 2.05) is 28.8 Å². The lowest BCUT2D eigenvalue weighted by molar-refractivity contribution is 0.947. The Morgan fingerprint density at radius 2 is 1.73 bits per heavy atom. The van der Waals surface area contributed by atoms with Crippen molar-refractivity contribution in [2.75, 3.05) is 0 Å². The molecule has 0 N–H and O–H groups in total. The van der Waals surface area contributed by atoms with E-state index in [0.717, 1.165) is 16.9 Å². The monoisotopic (exact) mass is 196 g/mol. The summed E-state index contributed by atoms with van der Waals surface area (Å²) < 4.78 is 1.81. The van der Waals surface area contributed by atoms with Crippen LogP contribution in [0.25, 0.3) is 16.9 Å². The average Bonchev–Trinajstić information content (AvgIpc) is 2.78. The van der Waals surface area contributed by atoms with Gasteiger partial charge in [-0.25, -0.2) is 9.50 Å². The molecule has 72 valence electrons. The number of pyridine rings is 1. The standard InChI is InChI=1S/C11H8N4/c1-5-12-6-2-9(1)10-3-7-13-11-4-8-14-15(10)11/h1-8H. The Bertz CT molecular complexity index is 586. The van der Waals surface area contributed by atoms with Gasteiger partial charge in [0.25, 0.3) is 0 Å². The summed E-state index contributed by atoms with van der Waals surface area (Å²) in [5, 5.41) is 4.23. The predicted molar refractivity (Wildman–Crippen MR) is 56.2 cm³/mol. The Balaban J connectivity index is 2.31. The topological polar surface area (TPSA) is 43.1 Å². The van der Waals surface area contributed by atoms with Crippen molar-refractivity contribution in [1.82, 2.24) is 19.6 Å². The lowest BCUT2D eigenvalue weighted by atomic mass is 10.2. The first-order valence-corrected chi connectivity index (χ1v) is 4.64. The molecule has 4 nitrogen and oxygen atoms in total. The van der Waals surface area contributed by atoms with Crippen LogP contribution in [-0.4, -0.2) is 19.6 Å². The van der Waals surface area contributed by atoms with E-state index in [4.69, 9.17) is 0 Å². The molecule has 0 unspecified atom stereocenters. The van der Waals surface area contributed by atoms with Gasteiger partial charge < -0.3 is 0 Å². The molecule has 0 aliphatic carbocycles. The first kappa shape index (κ1) is 8.11. The molecule has 0 amide bonds. The van der Waals surface area contributed by atoms with Crippen molar-refractivity contribution in [1.29, 1.82) is 0 Å². The highest BCUT2D eigenvalue weighted by molar-refractivity contribution is 5.61. The number of nitrogens with zero attached hydrogens (tertiary/aromatic N) is 4. The van der Waals surface area contributed by atoms with Gasteiger partial charge in [-0.05, 0) is 18.2 Å². The van der Waals surface area contributed by atoms with Gasteiger partial charge in [-0.2, -0.15) is 5.10 Å². The molecule has 3 aromatic rings. The van der Waals surface area contributed by atoms with E-state index in [-0.39, 0.29) is 0 Å². The first-order chi connectivity index (χ1) is 7.45. The summed E-state index contributed by atoms with van der Waals surface area (Å²) in [5.74, 6) is 0. The summed E-state index contributed by atoms with van der Waals surface area (Å²) >= 11 is 0. The number of rotatable bonds is 1. The van der Waals surface area contributed by atoms with Crippen LogP contribution in [0.2, 0.25) is 0 Å². The number of fused-ring (bicyclic) bond motifs is 1. The van der Waals surface area contributed by atoms with Crippen LogP contribution in [0.1, 0.15) is 0 Å². The minimum atomic E-state index is 0.851. The Kier molecular flexibility index (Phi) is 1.71. The maximum absolute atomic E-state index is 4.23. The zero-order chi connectivity index (χ0) is 10.1. The fourth-order valence-corrected chi connectivity index (χ4v) is 1.58. The molecule has 0 fully saturated rings. The molecule has 3 rings (SSSR count). The molecular formula is C11H8N4. The molecular weight excluding hydrogens is 188 g/mol. The Hall–Kier alpha value is -2.23. The van der Waals surface area contributed by atoms with E-state index in [2.05, 4.69) is 15.1 Å². The van der Waals surface area contributed by atoms with E-state index < -0.39 is 0 Å². The summed E-state index contributed by atoms with van der Waals surface area (Å²) in [5.41, 5.74) is 2.96. The van der Waals surface area contributed by atoms with Crippen molar-refractivity contribution >= 4 is 5.65 Å². The molecule has 4 heteroatoms. The highest BCUT2D eigenvalue weighted by Gasteiger charge is 2.03. The zero-order valence-corrected chi connectivity index (χ0v) is 7.91. The summed E-state index contributed by atoms with van der Waals surface area (Å²) in [4.78, 5) is 8.21. The fourth-order valence-electron chi connectivity index (χ4n) is 1.58. The van der Waals surface area contributed by atoms with Gasteiger partial charge in [0.1, 0.15) is 0 Å². The number of aromatic nitrogens is 4. The second-order valence-corrected chi connectivity index (χ2v) is 3.17. The third-order valence-electron chi connectivity index (χ3n) is 2.27. The van der Waals surface area contributed by atoms with Crippen molar-refractivity contribution in [2.24, 2.45) is 0 Å². The summed E-state index contributed by atoms with van der Waals surface area (Å²) in [7, 11) is 0. The van der Waals surface area contributed by atoms with Crippen molar-refractivity contribution < 1.29 is 0 Å². The lowest BCUT2D eigenvalue weighted by Crippen LogP contribution is -1.94. The van der Waals surface area contributed by atoms with Gasteiger partial charge in [0, 0.05) is 30.2 Å². The molecule has 3 aromatic heterocycles. The van der Waals surface area contributed by atoms with E-state index in [0.29, 0.717) is 0 Å². The van der Waals surface area contributed by atoms with Gasteiger partial charge in [0.15, 0.2) is 5.65 Å². The first-order valence-electron chi connectivity index (χ1n) is 4.64. The molecule has 0 saturated carbocycles. The Morgan fingerprint density at radius 1 is 0.867 bits per heavy atom. The van der Waals surface area contributed by atoms with Crippen molar-refractivity contribution in [3.05, 3.63) is 49.1 Å². The van der Waals surface area contributed by atoms with Crippen LogP contribution in [0.5, 0.6) is 0 Å². The van der Waals surface area contributed by atoms with E-state index in [9.17, 15) is 0 Å². The maximum atomic E-state index is 4.23. The smallest absolute Gasteiger partial charge is 0.155 e. The molecule has 0 atom stereocenters. The molecule has 0 bridgehead atoms. The van der Waals surface area contributed by atoms with Crippen molar-refractivity contribution in [2.45, 2.75) is 0 Å². The SMILES string of the molecule is c1cc(-c2ccnc3ccnn23)ccn1. The van der Waals surface area contributed by atoms with Crippen LogP contribution in [0.3, 0.4) is 0 Å². The fraction of sp³-hybridized carbons (Fsp3) is 0. The van der Waals surface area contributed by atoms with E-state index in [1.54, 1.807) is 24.8 Å². The van der Waals surface area contributed by atoms with Gasteiger partial charge in [0.05, 0.1) is 11.9 Å². The van der Waals surface area contributed by atoms with Gasteiger partial charge in [0.2, 0.25) is 0 Å². The normalized spacial score (nSPS) is 10.7. The summed E-state index contributed by atoms with van der Waals surface area (Å²) in [6, 6.07) is 7.73. The number of hydrogen-bond donors (Lipinski definition) is 0. The minimum Gasteiger partial charge on any atom is -0.265 e. The molecule has 0 aliphatic heterocycles. The second-order valence-electron chi connectivity index (χ2n) is 3.17. The maximum Gasteiger partial charge on any atom is 0.155 e. The van der Waals surface area contributed by atoms with Crippen molar-refractivity contribution in [3.8, 4) is 11.3 Å². The van der Waals surface area contributed by atoms with Gasteiger partial charge in [-0.1, -0.05) is 0 Å². The van der Waals surface area contributed by atoms with Crippen LogP contribution in [0.15, 0.2) is 49.1 Å². The second kappa shape index (κ2) is 3.16. The lowest BCUT2D eigenvalue weighted by Gasteiger charge is -2.02. The highest BCUT2D eigenvalue weighted by Crippen LogP contribution is 2.17. The highest BCUT2D eigenvalue weighted by atomic mass is 15.2. The third kappa shape index (κ3) is 1.27. The Morgan fingerprint density at radius 3 is 2.60 bits per heavy atom. The van der Waals surface area contributed by atoms with Gasteiger partial charge in [-0.3, -0.25) is 4.98 Å². The summed E-state index contributed by atoms with van der Waals surface area (Å²) in [6.45, 7) is 0. The van der Waals surface area contributed by atoms with Gasteiger partial charge >= 0.3 is 0 Å². The van der Waals surface area contributed by atoms with Crippen LogP contribution < -0.4 is 0 Å². The van der Waals surface area contributed by atoms with Crippen molar-refractivity contribution in [3.63, 3.8) is 0 Å². The third-order valence-corrected chi connectivity index (χ3v) is 2.27. The summed E-state index contributed by atoms with van der Waals surface area (Å²) in [6.07, 6.45) is 7.07. The van der Waals surface area contributed by atoms with Crippen LogP contribution in [0.4, 0.5) is 0 Å². The molecule has 0 aromatic carbocycles. The quantitative estimate of drug-likeness (QED) is 0.596. The molecule has 0 radical (unpaired) electrons. The van der Waals surface area contributed by atoms with E-state index >= 15 is 0 Å². The molecule has 3 heterocycles. The molecule has 15 heavy (non-hydrogen) atoms. The van der Waals surface area contributed by atoms with E-state index in [1.165, 1.54) is 0 Å². The molecule has 0 aliphatic rings. The Labute approximate surface area is 86.2 Å². The largest absolute Gasteiger partial charge is 0.265 e. The molecule has 0 spiro atoms. The zero-order valence-electron chi connectivity index (χ0n) is 7.91. The average molecular weight is 196 g/mol.